The summed E-state index contributed by atoms with van der Waals surface area (Å²) in [7, 11) is 0. The van der Waals surface area contributed by atoms with Crippen molar-refractivity contribution in [2.24, 2.45) is 0 Å². The van der Waals surface area contributed by atoms with E-state index in [0.717, 1.165) is 16.9 Å². The second-order valence-electron chi connectivity index (χ2n) is 3.18. The number of carbonyl (C=O) groups is 1. The molecule has 0 radical (unpaired) electrons. The van der Waals surface area contributed by atoms with Crippen molar-refractivity contribution < 1.29 is 4.79 Å². The molecule has 0 unspecified atom stereocenters. The Balaban J connectivity index is 2.44. The van der Waals surface area contributed by atoms with Crippen LogP contribution in [0, 0.1) is 0 Å². The van der Waals surface area contributed by atoms with E-state index >= 15 is 0 Å². The lowest BCUT2D eigenvalue weighted by Gasteiger charge is -1.98. The van der Waals surface area contributed by atoms with E-state index in [1.165, 1.54) is 0 Å². The van der Waals surface area contributed by atoms with Crippen molar-refractivity contribution in [3.05, 3.63) is 36.0 Å². The third-order valence-electron chi connectivity index (χ3n) is 2.40. The number of Topliss-reactive ketones (excluding diaryl/α,β-unsaturated/α-hetero) is 1. The fourth-order valence-electron chi connectivity index (χ4n) is 1.78. The average molecular weight is 172 g/mol. The van der Waals surface area contributed by atoms with Crippen LogP contribution >= 0.6 is 0 Å². The highest BCUT2D eigenvalue weighted by Gasteiger charge is 2.22. The van der Waals surface area contributed by atoms with Crippen LogP contribution in [0.2, 0.25) is 0 Å². The first kappa shape index (κ1) is 6.71. The van der Waals surface area contributed by atoms with Gasteiger partial charge in [-0.3, -0.25) is 4.79 Å². The Morgan fingerprint density at radius 3 is 3.23 bits per heavy atom. The lowest BCUT2D eigenvalue weighted by atomic mass is 10.2. The summed E-state index contributed by atoms with van der Waals surface area (Å²) in [5.74, 6) is 1.11. The average Bonchev–Trinajstić information content (AvgIpc) is 2.67. The molecule has 0 saturated carbocycles. The third-order valence-corrected chi connectivity index (χ3v) is 2.40. The molecule has 13 heavy (non-hydrogen) atoms. The number of hydrogen-bond acceptors (Lipinski definition) is 2. The minimum Gasteiger partial charge on any atom is -0.363 e. The largest absolute Gasteiger partial charge is 0.363 e. The Morgan fingerprint density at radius 2 is 2.31 bits per heavy atom. The van der Waals surface area contributed by atoms with Gasteiger partial charge in [0.05, 0.1) is 12.1 Å². The molecule has 2 aromatic heterocycles. The highest BCUT2D eigenvalue weighted by Crippen LogP contribution is 2.25. The molecular weight excluding hydrogens is 164 g/mol. The van der Waals surface area contributed by atoms with Crippen LogP contribution in [0.1, 0.15) is 10.4 Å². The van der Waals surface area contributed by atoms with Gasteiger partial charge >= 0.3 is 0 Å². The Bertz CT molecular complexity index is 499. The van der Waals surface area contributed by atoms with Gasteiger partial charge in [-0.25, -0.2) is 0 Å². The van der Waals surface area contributed by atoms with E-state index in [9.17, 15) is 4.79 Å². The number of nitrogens with zero attached hydrogens (tertiary/aromatic N) is 1. The highest BCUT2D eigenvalue weighted by molar-refractivity contribution is 6.08. The molecule has 0 saturated heterocycles. The Morgan fingerprint density at radius 1 is 1.38 bits per heavy atom. The molecule has 3 rings (SSSR count). The Labute approximate surface area is 75.0 Å². The molecule has 1 N–H and O–H groups in total. The summed E-state index contributed by atoms with van der Waals surface area (Å²) >= 11 is 0. The Kier molecular flexibility index (Phi) is 1.10. The van der Waals surface area contributed by atoms with Gasteiger partial charge in [0.25, 0.3) is 0 Å². The summed E-state index contributed by atoms with van der Waals surface area (Å²) in [5, 5.41) is 3.09. The summed E-state index contributed by atoms with van der Waals surface area (Å²) < 4.78 is 2.00. The monoisotopic (exact) mass is 172 g/mol. The lowest BCUT2D eigenvalue weighted by molar-refractivity contribution is 0.101. The predicted octanol–water partition coefficient (Wildman–Crippen LogP) is 1.55. The van der Waals surface area contributed by atoms with Gasteiger partial charge in [0.1, 0.15) is 5.82 Å². The summed E-state index contributed by atoms with van der Waals surface area (Å²) in [6.45, 7) is 0.433. The number of fused-ring (bicyclic) bond motifs is 3. The van der Waals surface area contributed by atoms with Crippen molar-refractivity contribution in [2.45, 2.75) is 0 Å². The highest BCUT2D eigenvalue weighted by atomic mass is 16.1. The number of rotatable bonds is 0. The standard InChI is InChI=1S/C10H8N2O/c13-9-6-11-10-8(9)5-7-3-1-2-4-12(7)10/h1-5,11H,6H2. The second-order valence-corrected chi connectivity index (χ2v) is 3.18. The smallest absolute Gasteiger partial charge is 0.185 e. The van der Waals surface area contributed by atoms with Gasteiger partial charge in [0, 0.05) is 11.7 Å². The van der Waals surface area contributed by atoms with Crippen LogP contribution in [-0.2, 0) is 0 Å². The summed E-state index contributed by atoms with van der Waals surface area (Å²) in [5.41, 5.74) is 1.87. The number of anilines is 1. The quantitative estimate of drug-likeness (QED) is 0.654. The summed E-state index contributed by atoms with van der Waals surface area (Å²) in [4.78, 5) is 11.4. The number of ketones is 1. The molecule has 3 heterocycles. The maximum atomic E-state index is 11.4. The molecule has 0 aromatic carbocycles. The molecule has 1 aliphatic heterocycles. The fourth-order valence-corrected chi connectivity index (χ4v) is 1.78. The van der Waals surface area contributed by atoms with Gasteiger partial charge in [-0.1, -0.05) is 6.07 Å². The van der Waals surface area contributed by atoms with Gasteiger partial charge in [-0.2, -0.15) is 0 Å². The first-order chi connectivity index (χ1) is 6.36. The second kappa shape index (κ2) is 2.13. The van der Waals surface area contributed by atoms with Crippen LogP contribution < -0.4 is 5.32 Å². The zero-order valence-corrected chi connectivity index (χ0v) is 6.95. The molecule has 3 nitrogen and oxygen atoms in total. The summed E-state index contributed by atoms with van der Waals surface area (Å²) in [6, 6.07) is 7.84. The van der Waals surface area contributed by atoms with Gasteiger partial charge in [0.2, 0.25) is 0 Å². The zero-order valence-electron chi connectivity index (χ0n) is 6.95. The van der Waals surface area contributed by atoms with E-state index in [4.69, 9.17) is 0 Å². The van der Waals surface area contributed by atoms with Crippen LogP contribution in [0.5, 0.6) is 0 Å². The molecule has 1 aliphatic rings. The Hall–Kier alpha value is -1.77. The van der Waals surface area contributed by atoms with Crippen LogP contribution in [0.25, 0.3) is 5.52 Å². The van der Waals surface area contributed by atoms with Crippen molar-refractivity contribution >= 4 is 17.1 Å². The fraction of sp³-hybridized carbons (Fsp3) is 0.100. The normalized spacial score (nSPS) is 14.6. The third kappa shape index (κ3) is 0.758. The van der Waals surface area contributed by atoms with Gasteiger partial charge in [-0.15, -0.1) is 0 Å². The van der Waals surface area contributed by atoms with E-state index in [1.807, 2.05) is 34.9 Å². The summed E-state index contributed by atoms with van der Waals surface area (Å²) in [6.07, 6.45) is 1.96. The van der Waals surface area contributed by atoms with Gasteiger partial charge < -0.3 is 9.72 Å². The van der Waals surface area contributed by atoms with E-state index < -0.39 is 0 Å². The molecule has 0 amide bonds. The number of aromatic nitrogens is 1. The topological polar surface area (TPSA) is 33.5 Å². The SMILES string of the molecule is O=C1CNc2c1cc1ccccn21. The molecule has 0 spiro atoms. The maximum Gasteiger partial charge on any atom is 0.185 e. The number of nitrogens with one attached hydrogen (secondary N) is 1. The van der Waals surface area contributed by atoms with Crippen molar-refractivity contribution in [3.8, 4) is 0 Å². The molecule has 3 heteroatoms. The number of carbonyl (C=O) groups excluding carboxylic acids is 1. The first-order valence-electron chi connectivity index (χ1n) is 4.23. The molecule has 64 valence electrons. The van der Waals surface area contributed by atoms with Crippen LogP contribution in [0.4, 0.5) is 5.82 Å². The molecular formula is C10H8N2O. The van der Waals surface area contributed by atoms with Crippen LogP contribution in [0.15, 0.2) is 30.5 Å². The van der Waals surface area contributed by atoms with E-state index in [2.05, 4.69) is 5.32 Å². The predicted molar refractivity (Wildman–Crippen MR) is 50.2 cm³/mol. The van der Waals surface area contributed by atoms with Crippen LogP contribution in [-0.4, -0.2) is 16.7 Å². The van der Waals surface area contributed by atoms with E-state index in [1.54, 1.807) is 0 Å². The minimum atomic E-state index is 0.179. The zero-order chi connectivity index (χ0) is 8.84. The molecule has 0 bridgehead atoms. The molecule has 0 aliphatic carbocycles. The van der Waals surface area contributed by atoms with Gasteiger partial charge in [0.15, 0.2) is 5.78 Å². The van der Waals surface area contributed by atoms with Crippen molar-refractivity contribution in [3.63, 3.8) is 0 Å². The molecule has 0 fully saturated rings. The minimum absolute atomic E-state index is 0.179. The van der Waals surface area contributed by atoms with Crippen molar-refractivity contribution in [1.82, 2.24) is 4.40 Å². The lowest BCUT2D eigenvalue weighted by Crippen LogP contribution is -2.02. The van der Waals surface area contributed by atoms with Crippen molar-refractivity contribution in [1.29, 1.82) is 0 Å². The van der Waals surface area contributed by atoms with Crippen LogP contribution in [0.3, 0.4) is 0 Å². The molecule has 2 aromatic rings. The van der Waals surface area contributed by atoms with E-state index in [0.29, 0.717) is 6.54 Å². The number of hydrogen-bond donors (Lipinski definition) is 1. The maximum absolute atomic E-state index is 11.4. The van der Waals surface area contributed by atoms with Crippen molar-refractivity contribution in [2.75, 3.05) is 11.9 Å². The first-order valence-corrected chi connectivity index (χ1v) is 4.23. The molecule has 0 atom stereocenters. The van der Waals surface area contributed by atoms with Gasteiger partial charge in [-0.05, 0) is 18.2 Å². The van der Waals surface area contributed by atoms with E-state index in [-0.39, 0.29) is 5.78 Å². The number of pyridine rings is 1.